The van der Waals surface area contributed by atoms with E-state index in [-0.39, 0.29) is 5.34 Å². The first kappa shape index (κ1) is 25.7. The van der Waals surface area contributed by atoms with Crippen molar-refractivity contribution in [1.82, 2.24) is 0 Å². The number of halogens is 10. The summed E-state index contributed by atoms with van der Waals surface area (Å²) in [4.78, 5) is 0. The lowest BCUT2D eigenvalue weighted by Gasteiger charge is -1.91. The molecule has 0 fully saturated rings. The summed E-state index contributed by atoms with van der Waals surface area (Å²) in [6.07, 6.45) is 1.47. The van der Waals surface area contributed by atoms with Crippen LogP contribution in [0.15, 0.2) is 0 Å². The van der Waals surface area contributed by atoms with Crippen molar-refractivity contribution >= 4 is 116 Å². The Morgan fingerprint density at radius 1 is 0.857 bits per heavy atom. The zero-order chi connectivity index (χ0) is 12.8. The second-order valence-electron chi connectivity index (χ2n) is 0.777. The van der Waals surface area contributed by atoms with E-state index in [0.717, 1.165) is 0 Å². The van der Waals surface area contributed by atoms with E-state index < -0.39 is 7.55 Å². The number of rotatable bonds is 0. The normalized spacial score (nSPS) is 8.57. The second kappa shape index (κ2) is 21.2. The summed E-state index contributed by atoms with van der Waals surface area (Å²) in [5.41, 5.74) is 0. The molecule has 0 nitrogen and oxygen atoms in total. The minimum Gasteiger partial charge on any atom is -0.130 e. The molecule has 0 amide bonds. The van der Waals surface area contributed by atoms with Gasteiger partial charge in [0.2, 0.25) is 0 Å². The molecule has 92 valence electrons. The molecule has 0 aromatic rings. The molecular formula is C4H6Cl10. The van der Waals surface area contributed by atoms with Gasteiger partial charge in [0, 0.05) is 6.38 Å². The molecule has 0 saturated heterocycles. The fourth-order valence-corrected chi connectivity index (χ4v) is 0. The largest absolute Gasteiger partial charge is 0.266 e. The van der Waals surface area contributed by atoms with Gasteiger partial charge in [-0.2, -0.15) is 0 Å². The van der Waals surface area contributed by atoms with E-state index in [1.165, 1.54) is 6.38 Å². The molecule has 0 N–H and O–H groups in total. The third-order valence-corrected chi connectivity index (χ3v) is 0. The lowest BCUT2D eigenvalue weighted by molar-refractivity contribution is 1.76. The van der Waals surface area contributed by atoms with Crippen molar-refractivity contribution in [3.05, 3.63) is 0 Å². The molecule has 0 spiro atoms. The van der Waals surface area contributed by atoms with E-state index in [4.69, 9.17) is 104 Å². The van der Waals surface area contributed by atoms with Gasteiger partial charge in [0.25, 0.3) is 3.25 Å². The van der Waals surface area contributed by atoms with Gasteiger partial charge in [0.15, 0.2) is 4.30 Å². The van der Waals surface area contributed by atoms with Crippen LogP contribution in [0.4, 0.5) is 0 Å². The monoisotopic (exact) mass is 404 g/mol. The summed E-state index contributed by atoms with van der Waals surface area (Å²) < 4.78 is -2.36. The maximum absolute atomic E-state index is 4.83. The third kappa shape index (κ3) is 342. The van der Waals surface area contributed by atoms with Crippen LogP contribution in [0.2, 0.25) is 0 Å². The van der Waals surface area contributed by atoms with Gasteiger partial charge in [-0.05, 0) is 0 Å². The summed E-state index contributed by atoms with van der Waals surface area (Å²) in [6.45, 7) is 0. The predicted molar refractivity (Wildman–Crippen MR) is 75.8 cm³/mol. The molecule has 0 heterocycles. The third-order valence-electron chi connectivity index (χ3n) is 0. The molecule has 14 heavy (non-hydrogen) atoms. The molecule has 0 unspecified atom stereocenters. The SMILES string of the molecule is CCl.ClC(Cl)(Cl)Cl.ClC(Cl)Cl.ClCCl. The van der Waals surface area contributed by atoms with E-state index in [1.54, 1.807) is 0 Å². The lowest BCUT2D eigenvalue weighted by atomic mass is 11.8. The molecule has 0 atom stereocenters. The topological polar surface area (TPSA) is 0 Å². The van der Waals surface area contributed by atoms with Gasteiger partial charge >= 0.3 is 0 Å². The highest BCUT2D eigenvalue weighted by molar-refractivity contribution is 6.83. The Hall–Kier alpha value is 2.90. The Morgan fingerprint density at radius 2 is 0.857 bits per heavy atom. The standard InChI is InChI=1S/CCl4.CHCl3.CH2Cl2.CH3Cl/c2-1(3,4)5;2-1(3)4;2-1-3;1-2/h;1H;1H2;1H3. The molecule has 0 bridgehead atoms. The molecule has 0 radical (unpaired) electrons. The van der Waals surface area contributed by atoms with Gasteiger partial charge in [-0.1, -0.05) is 81.2 Å². The summed E-state index contributed by atoms with van der Waals surface area (Å²) in [5.74, 6) is 0. The van der Waals surface area contributed by atoms with Gasteiger partial charge in [0.05, 0.1) is 5.34 Å². The summed E-state index contributed by atoms with van der Waals surface area (Å²) >= 11 is 47.9. The van der Waals surface area contributed by atoms with Crippen LogP contribution >= 0.6 is 116 Å². The average molecular weight is 409 g/mol. The van der Waals surface area contributed by atoms with E-state index in [2.05, 4.69) is 11.6 Å². The number of hydrogen-bond donors (Lipinski definition) is 0. The second-order valence-corrected chi connectivity index (χ2v) is 6.99. The van der Waals surface area contributed by atoms with E-state index >= 15 is 0 Å². The van der Waals surface area contributed by atoms with Crippen LogP contribution < -0.4 is 0 Å². The first-order valence-corrected chi connectivity index (χ1v) is 6.97. The van der Waals surface area contributed by atoms with Crippen molar-refractivity contribution in [2.45, 2.75) is 7.55 Å². The van der Waals surface area contributed by atoms with Gasteiger partial charge in [-0.3, -0.25) is 0 Å². The van der Waals surface area contributed by atoms with Gasteiger partial charge in [-0.25, -0.2) is 0 Å². The average Bonchev–Trinajstić information content (AvgIpc) is 1.87. The summed E-state index contributed by atoms with van der Waals surface area (Å²) in [6, 6.07) is 0. The molecular weight excluding hydrogens is 403 g/mol. The zero-order valence-electron chi connectivity index (χ0n) is 6.56. The van der Waals surface area contributed by atoms with Crippen LogP contribution in [0, 0.1) is 0 Å². The maximum Gasteiger partial charge on any atom is 0.266 e. The van der Waals surface area contributed by atoms with Crippen LogP contribution in [-0.2, 0) is 0 Å². The number of hydrogen-bond acceptors (Lipinski definition) is 0. The molecule has 0 rings (SSSR count). The first-order valence-electron chi connectivity index (χ1n) is 2.32. The Labute approximate surface area is 134 Å². The van der Waals surface area contributed by atoms with Crippen LogP contribution in [-0.4, -0.2) is 19.3 Å². The highest BCUT2D eigenvalue weighted by Crippen LogP contribution is 2.29. The van der Waals surface area contributed by atoms with Crippen LogP contribution in [0.5, 0.6) is 0 Å². The molecule has 0 aliphatic carbocycles. The van der Waals surface area contributed by atoms with Crippen LogP contribution in [0.25, 0.3) is 0 Å². The minimum absolute atomic E-state index is 0.194. The number of alkyl halides is 10. The Balaban J connectivity index is -0.0000000505. The lowest BCUT2D eigenvalue weighted by Crippen LogP contribution is -1.81. The van der Waals surface area contributed by atoms with E-state index in [1.807, 2.05) is 0 Å². The van der Waals surface area contributed by atoms with Crippen molar-refractivity contribution in [3.63, 3.8) is 0 Å². The Morgan fingerprint density at radius 3 is 0.857 bits per heavy atom. The molecule has 0 aliphatic rings. The van der Waals surface area contributed by atoms with Crippen LogP contribution in [0.1, 0.15) is 0 Å². The molecule has 0 aromatic carbocycles. The molecule has 0 saturated carbocycles. The minimum atomic E-state index is -1.61. The van der Waals surface area contributed by atoms with E-state index in [0.29, 0.717) is 0 Å². The van der Waals surface area contributed by atoms with Gasteiger partial charge in [0.1, 0.15) is 0 Å². The van der Waals surface area contributed by atoms with Crippen molar-refractivity contribution in [2.24, 2.45) is 0 Å². The smallest absolute Gasteiger partial charge is 0.130 e. The maximum atomic E-state index is 4.83. The predicted octanol–water partition coefficient (Wildman–Crippen LogP) is 6.82. The van der Waals surface area contributed by atoms with Crippen LogP contribution in [0.3, 0.4) is 0 Å². The Kier molecular flexibility index (Phi) is 38.9. The van der Waals surface area contributed by atoms with E-state index in [9.17, 15) is 0 Å². The quantitative estimate of drug-likeness (QED) is 0.386. The van der Waals surface area contributed by atoms with Crippen molar-refractivity contribution in [3.8, 4) is 0 Å². The zero-order valence-corrected chi connectivity index (χ0v) is 14.1. The highest BCUT2D eigenvalue weighted by atomic mass is 35.6. The Bertz CT molecular complexity index is 58.3. The van der Waals surface area contributed by atoms with Gasteiger partial charge < -0.3 is 0 Å². The van der Waals surface area contributed by atoms with Gasteiger partial charge in [-0.15, -0.1) is 34.8 Å². The first-order chi connectivity index (χ1) is 6.15. The summed E-state index contributed by atoms with van der Waals surface area (Å²) in [7, 11) is 0. The fourth-order valence-electron chi connectivity index (χ4n) is 0. The summed E-state index contributed by atoms with van der Waals surface area (Å²) in [5, 5.41) is 0.194. The van der Waals surface area contributed by atoms with Crippen molar-refractivity contribution < 1.29 is 0 Å². The van der Waals surface area contributed by atoms with Crippen molar-refractivity contribution in [2.75, 3.05) is 11.7 Å². The molecule has 0 aliphatic heterocycles. The highest BCUT2D eigenvalue weighted by Gasteiger charge is 2.11. The molecule has 0 aromatic heterocycles. The van der Waals surface area contributed by atoms with Crippen molar-refractivity contribution in [1.29, 1.82) is 0 Å². The molecule has 10 heteroatoms. The fraction of sp³-hybridized carbons (Fsp3) is 1.00.